The minimum atomic E-state index is -0.0359. The fraction of sp³-hybridized carbons (Fsp3) is 0.667. The van der Waals surface area contributed by atoms with Crippen molar-refractivity contribution in [3.05, 3.63) is 17.0 Å². The standard InChI is InChI=1S/C12H20BrN3O/c1-7(2)10(6-13)14-12(17)11-8(3)15-16(5)9(11)4/h7,10H,6H2,1-5H3,(H,14,17). The van der Waals surface area contributed by atoms with Crippen LogP contribution in [0.1, 0.15) is 35.6 Å². The summed E-state index contributed by atoms with van der Waals surface area (Å²) in [6, 6.07) is 0.140. The van der Waals surface area contributed by atoms with E-state index in [1.54, 1.807) is 4.68 Å². The maximum absolute atomic E-state index is 12.2. The van der Waals surface area contributed by atoms with E-state index in [9.17, 15) is 4.79 Å². The first-order chi connectivity index (χ1) is 7.88. The minimum absolute atomic E-state index is 0.0359. The van der Waals surface area contributed by atoms with Crippen LogP contribution in [-0.4, -0.2) is 27.1 Å². The molecule has 1 rings (SSSR count). The van der Waals surface area contributed by atoms with Gasteiger partial charge in [0.05, 0.1) is 11.3 Å². The van der Waals surface area contributed by atoms with E-state index in [2.05, 4.69) is 40.2 Å². The summed E-state index contributed by atoms with van der Waals surface area (Å²) in [5.74, 6) is 0.363. The van der Waals surface area contributed by atoms with Gasteiger partial charge in [-0.3, -0.25) is 9.48 Å². The topological polar surface area (TPSA) is 46.9 Å². The second-order valence-corrected chi connectivity index (χ2v) is 5.30. The third-order valence-electron chi connectivity index (χ3n) is 3.02. The van der Waals surface area contributed by atoms with E-state index >= 15 is 0 Å². The quantitative estimate of drug-likeness (QED) is 0.867. The van der Waals surface area contributed by atoms with Gasteiger partial charge in [0.1, 0.15) is 0 Å². The summed E-state index contributed by atoms with van der Waals surface area (Å²) in [7, 11) is 1.85. The number of nitrogens with one attached hydrogen (secondary N) is 1. The second-order valence-electron chi connectivity index (χ2n) is 4.65. The Morgan fingerprint density at radius 1 is 1.47 bits per heavy atom. The van der Waals surface area contributed by atoms with Crippen LogP contribution in [0, 0.1) is 19.8 Å². The van der Waals surface area contributed by atoms with Gasteiger partial charge in [0, 0.05) is 24.1 Å². The number of hydrogen-bond acceptors (Lipinski definition) is 2. The number of halogens is 1. The van der Waals surface area contributed by atoms with E-state index < -0.39 is 0 Å². The Labute approximate surface area is 111 Å². The van der Waals surface area contributed by atoms with Gasteiger partial charge in [0.25, 0.3) is 5.91 Å². The fourth-order valence-corrected chi connectivity index (χ4v) is 2.64. The third-order valence-corrected chi connectivity index (χ3v) is 3.72. The van der Waals surface area contributed by atoms with Gasteiger partial charge in [-0.1, -0.05) is 29.8 Å². The van der Waals surface area contributed by atoms with E-state index in [4.69, 9.17) is 0 Å². The molecular formula is C12H20BrN3O. The van der Waals surface area contributed by atoms with E-state index in [0.717, 1.165) is 16.7 Å². The summed E-state index contributed by atoms with van der Waals surface area (Å²) in [5, 5.41) is 8.05. The van der Waals surface area contributed by atoms with Crippen LogP contribution in [0.15, 0.2) is 0 Å². The molecule has 1 unspecified atom stereocenters. The first kappa shape index (κ1) is 14.2. The van der Waals surface area contributed by atoms with Crippen LogP contribution in [0.3, 0.4) is 0 Å². The van der Waals surface area contributed by atoms with Crippen LogP contribution >= 0.6 is 15.9 Å². The molecule has 0 saturated carbocycles. The number of alkyl halides is 1. The van der Waals surface area contributed by atoms with Gasteiger partial charge < -0.3 is 5.32 Å². The van der Waals surface area contributed by atoms with Crippen molar-refractivity contribution in [3.8, 4) is 0 Å². The minimum Gasteiger partial charge on any atom is -0.348 e. The molecule has 0 radical (unpaired) electrons. The number of rotatable bonds is 4. The van der Waals surface area contributed by atoms with Crippen molar-refractivity contribution in [1.82, 2.24) is 15.1 Å². The van der Waals surface area contributed by atoms with Gasteiger partial charge in [-0.2, -0.15) is 5.10 Å². The zero-order valence-corrected chi connectivity index (χ0v) is 12.6. The maximum atomic E-state index is 12.2. The summed E-state index contributed by atoms with van der Waals surface area (Å²) in [4.78, 5) is 12.2. The number of carbonyl (C=O) groups is 1. The number of hydrogen-bond donors (Lipinski definition) is 1. The monoisotopic (exact) mass is 301 g/mol. The number of carbonyl (C=O) groups excluding carboxylic acids is 1. The Morgan fingerprint density at radius 2 is 2.06 bits per heavy atom. The molecule has 4 nitrogen and oxygen atoms in total. The molecule has 0 aliphatic carbocycles. The SMILES string of the molecule is Cc1nn(C)c(C)c1C(=O)NC(CBr)C(C)C. The number of aryl methyl sites for hydroxylation is 2. The average Bonchev–Trinajstić information content (AvgIpc) is 2.49. The molecule has 0 spiro atoms. The molecule has 0 aliphatic heterocycles. The molecule has 1 aromatic rings. The van der Waals surface area contributed by atoms with E-state index in [1.165, 1.54) is 0 Å². The van der Waals surface area contributed by atoms with Crippen molar-refractivity contribution >= 4 is 21.8 Å². The van der Waals surface area contributed by atoms with Gasteiger partial charge in [-0.05, 0) is 19.8 Å². The molecule has 0 aliphatic rings. The molecule has 0 saturated heterocycles. The van der Waals surface area contributed by atoms with Gasteiger partial charge >= 0.3 is 0 Å². The van der Waals surface area contributed by atoms with Gasteiger partial charge in [-0.25, -0.2) is 0 Å². The van der Waals surface area contributed by atoms with Crippen molar-refractivity contribution < 1.29 is 4.79 Å². The van der Waals surface area contributed by atoms with Crippen molar-refractivity contribution in [1.29, 1.82) is 0 Å². The zero-order valence-electron chi connectivity index (χ0n) is 11.0. The average molecular weight is 302 g/mol. The molecule has 5 heteroatoms. The van der Waals surface area contributed by atoms with Gasteiger partial charge in [0.2, 0.25) is 0 Å². The van der Waals surface area contributed by atoms with Crippen LogP contribution in [0.4, 0.5) is 0 Å². The highest BCUT2D eigenvalue weighted by Gasteiger charge is 2.21. The van der Waals surface area contributed by atoms with E-state index in [-0.39, 0.29) is 11.9 Å². The Kier molecular flexibility index (Phi) is 4.74. The lowest BCUT2D eigenvalue weighted by Gasteiger charge is -2.19. The summed E-state index contributed by atoms with van der Waals surface area (Å²) in [6.07, 6.45) is 0. The predicted octanol–water partition coefficient (Wildman–Crippen LogP) is 2.19. The first-order valence-corrected chi connectivity index (χ1v) is 6.87. The zero-order chi connectivity index (χ0) is 13.2. The van der Waals surface area contributed by atoms with E-state index in [1.807, 2.05) is 20.9 Å². The molecule has 1 aromatic heterocycles. The largest absolute Gasteiger partial charge is 0.348 e. The molecule has 0 aromatic carbocycles. The van der Waals surface area contributed by atoms with Gasteiger partial charge in [0.15, 0.2) is 0 Å². The van der Waals surface area contributed by atoms with Crippen LogP contribution in [-0.2, 0) is 7.05 Å². The summed E-state index contributed by atoms with van der Waals surface area (Å²) >= 11 is 3.42. The second kappa shape index (κ2) is 5.67. The number of amides is 1. The first-order valence-electron chi connectivity index (χ1n) is 5.75. The van der Waals surface area contributed by atoms with Crippen LogP contribution in [0.2, 0.25) is 0 Å². The molecule has 17 heavy (non-hydrogen) atoms. The molecule has 1 atom stereocenters. The predicted molar refractivity (Wildman–Crippen MR) is 72.6 cm³/mol. The lowest BCUT2D eigenvalue weighted by molar-refractivity contribution is 0.0930. The Balaban J connectivity index is 2.90. The van der Waals surface area contributed by atoms with Gasteiger partial charge in [-0.15, -0.1) is 0 Å². The van der Waals surface area contributed by atoms with Crippen LogP contribution in [0.25, 0.3) is 0 Å². The fourth-order valence-electron chi connectivity index (χ4n) is 1.73. The molecule has 1 heterocycles. The third kappa shape index (κ3) is 3.09. The molecule has 0 fully saturated rings. The van der Waals surface area contributed by atoms with Crippen LogP contribution < -0.4 is 5.32 Å². The maximum Gasteiger partial charge on any atom is 0.255 e. The van der Waals surface area contributed by atoms with E-state index in [0.29, 0.717) is 11.5 Å². The number of aromatic nitrogens is 2. The lowest BCUT2D eigenvalue weighted by Crippen LogP contribution is -2.40. The highest BCUT2D eigenvalue weighted by molar-refractivity contribution is 9.09. The Hall–Kier alpha value is -0.840. The summed E-state index contributed by atoms with van der Waals surface area (Å²) in [5.41, 5.74) is 2.37. The Morgan fingerprint density at radius 3 is 2.41 bits per heavy atom. The van der Waals surface area contributed by atoms with Crippen molar-refractivity contribution in [2.75, 3.05) is 5.33 Å². The Bertz CT molecular complexity index is 412. The molecule has 1 N–H and O–H groups in total. The molecule has 0 bridgehead atoms. The normalized spacial score (nSPS) is 12.9. The highest BCUT2D eigenvalue weighted by atomic mass is 79.9. The van der Waals surface area contributed by atoms with Crippen molar-refractivity contribution in [3.63, 3.8) is 0 Å². The number of nitrogens with zero attached hydrogens (tertiary/aromatic N) is 2. The molecule has 96 valence electrons. The smallest absolute Gasteiger partial charge is 0.255 e. The summed E-state index contributed by atoms with van der Waals surface area (Å²) in [6.45, 7) is 7.96. The van der Waals surface area contributed by atoms with Crippen molar-refractivity contribution in [2.45, 2.75) is 33.7 Å². The lowest BCUT2D eigenvalue weighted by atomic mass is 10.1. The highest BCUT2D eigenvalue weighted by Crippen LogP contribution is 2.13. The van der Waals surface area contributed by atoms with Crippen LogP contribution in [0.5, 0.6) is 0 Å². The molecule has 1 amide bonds. The molecular weight excluding hydrogens is 282 g/mol. The van der Waals surface area contributed by atoms with Crippen molar-refractivity contribution in [2.24, 2.45) is 13.0 Å². The summed E-state index contributed by atoms with van der Waals surface area (Å²) < 4.78 is 1.74.